The van der Waals surface area contributed by atoms with E-state index in [0.29, 0.717) is 0 Å². The molecule has 1 aromatic heterocycles. The molecule has 174 valence electrons. The van der Waals surface area contributed by atoms with Crippen molar-refractivity contribution in [1.29, 1.82) is 0 Å². The average molecular weight is 489 g/mol. The Morgan fingerprint density at radius 1 is 0.735 bits per heavy atom. The molecular formula is C29H28O3S2. The first-order valence-corrected chi connectivity index (χ1v) is 13.7. The van der Waals surface area contributed by atoms with Crippen LogP contribution in [0.4, 0.5) is 0 Å². The second kappa shape index (κ2) is 10.3. The van der Waals surface area contributed by atoms with Crippen molar-refractivity contribution in [1.82, 2.24) is 0 Å². The maximum atomic E-state index is 12.9. The number of benzene rings is 4. The van der Waals surface area contributed by atoms with Crippen LogP contribution >= 0.6 is 10.5 Å². The summed E-state index contributed by atoms with van der Waals surface area (Å²) < 4.78 is 21.7. The van der Waals surface area contributed by atoms with Crippen LogP contribution in [-0.2, 0) is 9.84 Å². The molecule has 0 aliphatic heterocycles. The lowest BCUT2D eigenvalue weighted by Crippen LogP contribution is -2.00. The van der Waals surface area contributed by atoms with Gasteiger partial charge in [-0.1, -0.05) is 67.6 Å². The topological polar surface area (TPSA) is 51.2 Å². The number of hydrogen-bond acceptors (Lipinski definition) is 3. The lowest BCUT2D eigenvalue weighted by molar-refractivity contribution is 0.103. The van der Waals surface area contributed by atoms with Crippen molar-refractivity contribution in [3.05, 3.63) is 120 Å². The molecule has 0 saturated carbocycles. The fraction of sp³-hybridized carbons (Fsp3) is 0.103. The van der Waals surface area contributed by atoms with Crippen molar-refractivity contribution in [2.75, 3.05) is 6.26 Å². The SMILES string of the molecule is C.Cc1ccc(-[s+]2c3ccccc3c3cc(C(=O)c4ccccc4)ccc32)cc1.[CH2-]S(C)(=O)=O. The zero-order valence-electron chi connectivity index (χ0n) is 18.5. The summed E-state index contributed by atoms with van der Waals surface area (Å²) in [7, 11) is -3.04. The van der Waals surface area contributed by atoms with E-state index in [2.05, 4.69) is 73.8 Å². The number of hydrogen-bond donors (Lipinski definition) is 0. The Hall–Kier alpha value is -3.28. The fourth-order valence-electron chi connectivity index (χ4n) is 3.73. The van der Waals surface area contributed by atoms with E-state index in [0.717, 1.165) is 17.4 Å². The van der Waals surface area contributed by atoms with Gasteiger partial charge in [0, 0.05) is 48.5 Å². The summed E-state index contributed by atoms with van der Waals surface area (Å²) in [5.41, 5.74) is 2.74. The number of ketones is 1. The third-order valence-electron chi connectivity index (χ3n) is 5.15. The van der Waals surface area contributed by atoms with Crippen LogP contribution in [0.2, 0.25) is 0 Å². The van der Waals surface area contributed by atoms with E-state index >= 15 is 0 Å². The molecule has 0 N–H and O–H groups in total. The van der Waals surface area contributed by atoms with E-state index in [1.165, 1.54) is 30.6 Å². The van der Waals surface area contributed by atoms with Crippen molar-refractivity contribution in [2.24, 2.45) is 0 Å². The minimum absolute atomic E-state index is 0. The monoisotopic (exact) mass is 488 g/mol. The average Bonchev–Trinajstić information content (AvgIpc) is 3.12. The highest BCUT2D eigenvalue weighted by Crippen LogP contribution is 2.48. The molecule has 5 heteroatoms. The van der Waals surface area contributed by atoms with Crippen molar-refractivity contribution in [3.8, 4) is 4.90 Å². The van der Waals surface area contributed by atoms with Gasteiger partial charge in [-0.15, -0.1) is 0 Å². The maximum absolute atomic E-state index is 12.9. The third kappa shape index (κ3) is 5.61. The number of fused-ring (bicyclic) bond motifs is 3. The highest BCUT2D eigenvalue weighted by atomic mass is 32.2. The minimum Gasteiger partial charge on any atom is -0.289 e. The highest BCUT2D eigenvalue weighted by Gasteiger charge is 2.24. The Kier molecular flexibility index (Phi) is 7.70. The van der Waals surface area contributed by atoms with Crippen LogP contribution in [0.15, 0.2) is 97.1 Å². The summed E-state index contributed by atoms with van der Waals surface area (Å²) in [4.78, 5) is 14.3. The molecule has 0 amide bonds. The predicted octanol–water partition coefficient (Wildman–Crippen LogP) is 7.73. The number of carbonyl (C=O) groups excluding carboxylic acids is 1. The van der Waals surface area contributed by atoms with Crippen LogP contribution in [0, 0.1) is 13.2 Å². The number of aryl methyl sites for hydroxylation is 1. The largest absolute Gasteiger partial charge is 0.289 e. The lowest BCUT2D eigenvalue weighted by Gasteiger charge is -2.01. The molecule has 0 radical (unpaired) electrons. The van der Waals surface area contributed by atoms with Crippen molar-refractivity contribution in [3.63, 3.8) is 0 Å². The summed E-state index contributed by atoms with van der Waals surface area (Å²) in [5.74, 6) is 0.0722. The normalized spacial score (nSPS) is 11.4. The van der Waals surface area contributed by atoms with Crippen LogP contribution in [0.25, 0.3) is 25.1 Å². The smallest absolute Gasteiger partial charge is 0.193 e. The van der Waals surface area contributed by atoms with Crippen molar-refractivity contribution in [2.45, 2.75) is 14.4 Å². The molecule has 4 aromatic carbocycles. The molecule has 1 heterocycles. The summed E-state index contributed by atoms with van der Waals surface area (Å²) in [5, 5.41) is 2.42. The van der Waals surface area contributed by atoms with Crippen LogP contribution in [0.5, 0.6) is 0 Å². The van der Waals surface area contributed by atoms with Gasteiger partial charge in [-0.2, -0.15) is 0 Å². The molecule has 3 nitrogen and oxygen atoms in total. The molecule has 34 heavy (non-hydrogen) atoms. The van der Waals surface area contributed by atoms with Gasteiger partial charge >= 0.3 is 0 Å². The van der Waals surface area contributed by atoms with Gasteiger partial charge in [-0.05, 0) is 49.4 Å². The van der Waals surface area contributed by atoms with Gasteiger partial charge in [0.05, 0.1) is 0 Å². The molecule has 0 aliphatic rings. The Labute approximate surface area is 204 Å². The maximum Gasteiger partial charge on any atom is 0.193 e. The molecular weight excluding hydrogens is 460 g/mol. The zero-order chi connectivity index (χ0) is 23.6. The standard InChI is InChI=1S/C26H19OS.C2H5O2S.CH4/c1-18-11-14-21(15-12-18)28-24-10-6-5-9-22(24)23-17-20(13-16-25(23)28)26(27)19-7-3-2-4-8-19;1-5(2,3)4;/h2-17H,1H3;1H2,2H3;1H4/q+1;-1;. The minimum atomic E-state index is -2.92. The number of sulfone groups is 1. The zero-order valence-corrected chi connectivity index (χ0v) is 20.1. The van der Waals surface area contributed by atoms with Crippen LogP contribution in [0.3, 0.4) is 0 Å². The van der Waals surface area contributed by atoms with Crippen LogP contribution in [0.1, 0.15) is 28.9 Å². The first-order chi connectivity index (χ1) is 15.7. The van der Waals surface area contributed by atoms with E-state index in [4.69, 9.17) is 0 Å². The lowest BCUT2D eigenvalue weighted by atomic mass is 10.0. The van der Waals surface area contributed by atoms with Gasteiger partial charge in [0.15, 0.2) is 20.1 Å². The summed E-state index contributed by atoms with van der Waals surface area (Å²) >= 11 is 0. The van der Waals surface area contributed by atoms with Gasteiger partial charge in [0.2, 0.25) is 0 Å². The molecule has 0 fully saturated rings. The van der Waals surface area contributed by atoms with E-state index in [-0.39, 0.29) is 23.7 Å². The molecule has 1 atom stereocenters. The second-order valence-electron chi connectivity index (χ2n) is 7.95. The van der Waals surface area contributed by atoms with E-state index in [9.17, 15) is 13.2 Å². The quantitative estimate of drug-likeness (QED) is 0.148. The van der Waals surface area contributed by atoms with E-state index < -0.39 is 9.84 Å². The molecule has 0 spiro atoms. The highest BCUT2D eigenvalue weighted by molar-refractivity contribution is 7.91. The third-order valence-corrected chi connectivity index (χ3v) is 7.49. The fourth-order valence-corrected chi connectivity index (χ4v) is 6.09. The van der Waals surface area contributed by atoms with Gasteiger partial charge < -0.3 is 0 Å². The predicted molar refractivity (Wildman–Crippen MR) is 147 cm³/mol. The first-order valence-electron chi connectivity index (χ1n) is 10.4. The second-order valence-corrected chi connectivity index (χ2v) is 11.8. The summed E-state index contributed by atoms with van der Waals surface area (Å²) in [6.07, 6.45) is 3.79. The van der Waals surface area contributed by atoms with Crippen LogP contribution in [-0.4, -0.2) is 20.5 Å². The van der Waals surface area contributed by atoms with Gasteiger partial charge in [-0.25, -0.2) is 6.26 Å². The summed E-state index contributed by atoms with van der Waals surface area (Å²) in [6, 6.07) is 33.1. The first kappa shape index (κ1) is 25.3. The number of carbonyl (C=O) groups is 1. The number of thiophene rings is 1. The Morgan fingerprint density at radius 2 is 1.29 bits per heavy atom. The van der Waals surface area contributed by atoms with Crippen molar-refractivity contribution < 1.29 is 13.2 Å². The van der Waals surface area contributed by atoms with Gasteiger partial charge in [0.1, 0.15) is 0 Å². The number of rotatable bonds is 3. The van der Waals surface area contributed by atoms with E-state index in [1.807, 2.05) is 36.4 Å². The Morgan fingerprint density at radius 3 is 1.94 bits per heavy atom. The van der Waals surface area contributed by atoms with Crippen LogP contribution < -0.4 is 0 Å². The molecule has 0 saturated heterocycles. The molecule has 5 rings (SSSR count). The molecule has 0 aliphatic carbocycles. The van der Waals surface area contributed by atoms with Gasteiger partial charge in [0.25, 0.3) is 0 Å². The van der Waals surface area contributed by atoms with Crippen molar-refractivity contribution >= 4 is 46.3 Å². The molecule has 0 bridgehead atoms. The van der Waals surface area contributed by atoms with Gasteiger partial charge in [-0.3, -0.25) is 13.2 Å². The Balaban J connectivity index is 0.000000492. The summed E-state index contributed by atoms with van der Waals surface area (Å²) in [6.45, 7) is 2.12. The molecule has 5 aromatic rings. The molecule has 1 unspecified atom stereocenters. The Bertz CT molecular complexity index is 1540. The van der Waals surface area contributed by atoms with E-state index in [1.54, 1.807) is 0 Å².